The molecule has 4 nitrogen and oxygen atoms in total. The minimum absolute atomic E-state index is 0.0634. The van der Waals surface area contributed by atoms with E-state index in [2.05, 4.69) is 5.32 Å². The second kappa shape index (κ2) is 9.18. The molecular formula is C14H24ClNO3. The van der Waals surface area contributed by atoms with Crippen LogP contribution >= 0.6 is 11.6 Å². The van der Waals surface area contributed by atoms with Crippen molar-refractivity contribution in [2.24, 2.45) is 5.92 Å². The van der Waals surface area contributed by atoms with Crippen LogP contribution in [0.25, 0.3) is 0 Å². The van der Waals surface area contributed by atoms with Gasteiger partial charge in [-0.15, -0.1) is 11.6 Å². The minimum atomic E-state index is -0.244. The van der Waals surface area contributed by atoms with Crippen LogP contribution in [0.2, 0.25) is 0 Å². The number of amides is 1. The molecular weight excluding hydrogens is 266 g/mol. The average molecular weight is 290 g/mol. The Kier molecular flexibility index (Phi) is 7.87. The van der Waals surface area contributed by atoms with Gasteiger partial charge in [-0.05, 0) is 25.7 Å². The molecule has 0 aromatic carbocycles. The lowest BCUT2D eigenvalue weighted by molar-refractivity contribution is -0.144. The van der Waals surface area contributed by atoms with Gasteiger partial charge in [-0.2, -0.15) is 0 Å². The molecule has 1 unspecified atom stereocenters. The van der Waals surface area contributed by atoms with Crippen molar-refractivity contribution < 1.29 is 14.3 Å². The van der Waals surface area contributed by atoms with Crippen LogP contribution in [0, 0.1) is 5.92 Å². The number of carbonyl (C=O) groups excluding carboxylic acids is 2. The number of alkyl halides is 1. The van der Waals surface area contributed by atoms with Gasteiger partial charge in [-0.1, -0.05) is 25.7 Å². The fraction of sp³-hybridized carbons (Fsp3) is 0.857. The molecule has 1 amide bonds. The Bertz CT molecular complexity index is 288. The van der Waals surface area contributed by atoms with Crippen molar-refractivity contribution in [1.82, 2.24) is 5.32 Å². The van der Waals surface area contributed by atoms with Crippen molar-refractivity contribution in [2.75, 3.05) is 12.5 Å². The van der Waals surface area contributed by atoms with E-state index in [1.54, 1.807) is 6.92 Å². The molecule has 1 atom stereocenters. The number of halogens is 1. The van der Waals surface area contributed by atoms with Crippen LogP contribution in [0.5, 0.6) is 0 Å². The quantitative estimate of drug-likeness (QED) is 0.465. The molecule has 1 rings (SSSR count). The van der Waals surface area contributed by atoms with Gasteiger partial charge in [-0.25, -0.2) is 0 Å². The molecule has 0 spiro atoms. The van der Waals surface area contributed by atoms with Crippen molar-refractivity contribution in [2.45, 2.75) is 57.9 Å². The molecule has 1 aliphatic rings. The number of hydrogen-bond donors (Lipinski definition) is 1. The van der Waals surface area contributed by atoms with Crippen molar-refractivity contribution >= 4 is 23.5 Å². The van der Waals surface area contributed by atoms with Gasteiger partial charge < -0.3 is 10.1 Å². The van der Waals surface area contributed by atoms with E-state index >= 15 is 0 Å². The summed E-state index contributed by atoms with van der Waals surface area (Å²) in [5, 5.41) is 2.88. The first-order valence-electron chi connectivity index (χ1n) is 7.18. The summed E-state index contributed by atoms with van der Waals surface area (Å²) in [5.41, 5.74) is 0. The first-order valence-corrected chi connectivity index (χ1v) is 7.71. The highest BCUT2D eigenvalue weighted by Gasteiger charge is 2.26. The Morgan fingerprint density at radius 1 is 1.26 bits per heavy atom. The topological polar surface area (TPSA) is 55.4 Å². The molecule has 0 heterocycles. The fourth-order valence-corrected chi connectivity index (χ4v) is 2.77. The van der Waals surface area contributed by atoms with Crippen molar-refractivity contribution in [3.8, 4) is 0 Å². The van der Waals surface area contributed by atoms with E-state index in [9.17, 15) is 9.59 Å². The number of carbonyl (C=O) groups is 2. The van der Waals surface area contributed by atoms with E-state index in [-0.39, 0.29) is 30.2 Å². The predicted molar refractivity (Wildman–Crippen MR) is 75.1 cm³/mol. The maximum Gasteiger partial charge on any atom is 0.307 e. The molecule has 0 aromatic heterocycles. The third kappa shape index (κ3) is 6.28. The molecule has 0 bridgehead atoms. The largest absolute Gasteiger partial charge is 0.466 e. The van der Waals surface area contributed by atoms with E-state index in [0.717, 1.165) is 12.8 Å². The molecule has 0 saturated heterocycles. The molecule has 5 heteroatoms. The van der Waals surface area contributed by atoms with E-state index in [4.69, 9.17) is 16.3 Å². The molecule has 110 valence electrons. The number of esters is 1. The van der Waals surface area contributed by atoms with Gasteiger partial charge in [-0.3, -0.25) is 9.59 Å². The fourth-order valence-electron chi connectivity index (χ4n) is 2.69. The van der Waals surface area contributed by atoms with Crippen LogP contribution in [0.1, 0.15) is 51.9 Å². The maximum absolute atomic E-state index is 11.6. The number of nitrogens with one attached hydrogen (secondary N) is 1. The summed E-state index contributed by atoms with van der Waals surface area (Å²) < 4.78 is 4.99. The average Bonchev–Trinajstić information content (AvgIpc) is 2.66. The summed E-state index contributed by atoms with van der Waals surface area (Å²) >= 11 is 5.54. The Balaban J connectivity index is 2.60. The smallest absolute Gasteiger partial charge is 0.307 e. The minimum Gasteiger partial charge on any atom is -0.466 e. The lowest BCUT2D eigenvalue weighted by Crippen LogP contribution is -2.42. The molecule has 0 radical (unpaired) electrons. The summed E-state index contributed by atoms with van der Waals surface area (Å²) in [7, 11) is 0. The molecule has 1 fully saturated rings. The van der Waals surface area contributed by atoms with Crippen molar-refractivity contribution in [3.05, 3.63) is 0 Å². The first kappa shape index (κ1) is 16.3. The van der Waals surface area contributed by atoms with Gasteiger partial charge in [0.05, 0.1) is 13.0 Å². The van der Waals surface area contributed by atoms with E-state index in [1.807, 2.05) is 0 Å². The maximum atomic E-state index is 11.6. The summed E-state index contributed by atoms with van der Waals surface area (Å²) in [6.07, 6.45) is 7.19. The second-order valence-electron chi connectivity index (χ2n) is 5.07. The predicted octanol–water partition coefficient (Wildman–Crippen LogP) is 2.63. The van der Waals surface area contributed by atoms with Gasteiger partial charge in [0, 0.05) is 6.04 Å². The Labute approximate surface area is 120 Å². The lowest BCUT2D eigenvalue weighted by atomic mass is 9.89. The van der Waals surface area contributed by atoms with Crippen LogP contribution in [0.4, 0.5) is 0 Å². The molecule has 0 aliphatic heterocycles. The molecule has 19 heavy (non-hydrogen) atoms. The Hall–Kier alpha value is -0.770. The molecule has 1 N–H and O–H groups in total. The van der Waals surface area contributed by atoms with Crippen LogP contribution < -0.4 is 5.32 Å². The summed E-state index contributed by atoms with van der Waals surface area (Å²) in [4.78, 5) is 23.1. The van der Waals surface area contributed by atoms with E-state index < -0.39 is 0 Å². The highest BCUT2D eigenvalue weighted by Crippen LogP contribution is 2.27. The van der Waals surface area contributed by atoms with E-state index in [0.29, 0.717) is 12.5 Å². The molecule has 1 aliphatic carbocycles. The van der Waals surface area contributed by atoms with Crippen LogP contribution in [0.3, 0.4) is 0 Å². The monoisotopic (exact) mass is 289 g/mol. The zero-order chi connectivity index (χ0) is 14.1. The molecule has 0 aromatic rings. The van der Waals surface area contributed by atoms with Gasteiger partial charge in [0.1, 0.15) is 5.88 Å². The standard InChI is InChI=1S/C14H24ClNO3/c1-2-19-14(18)9-12(16-13(17)10-15)11-7-5-3-4-6-8-11/h11-12H,2-10H2,1H3,(H,16,17). The van der Waals surface area contributed by atoms with Gasteiger partial charge in [0.15, 0.2) is 0 Å². The number of hydrogen-bond acceptors (Lipinski definition) is 3. The highest BCUT2D eigenvalue weighted by atomic mass is 35.5. The summed E-state index contributed by atoms with van der Waals surface area (Å²) in [6.45, 7) is 2.16. The van der Waals surface area contributed by atoms with Crippen LogP contribution in [-0.2, 0) is 14.3 Å². The van der Waals surface area contributed by atoms with Gasteiger partial charge in [0.25, 0.3) is 0 Å². The van der Waals surface area contributed by atoms with Crippen LogP contribution in [-0.4, -0.2) is 30.4 Å². The zero-order valence-corrected chi connectivity index (χ0v) is 12.4. The summed E-state index contributed by atoms with van der Waals surface area (Å²) in [6, 6.07) is -0.136. The Morgan fingerprint density at radius 3 is 2.42 bits per heavy atom. The lowest BCUT2D eigenvalue weighted by Gasteiger charge is -2.26. The van der Waals surface area contributed by atoms with Crippen LogP contribution in [0.15, 0.2) is 0 Å². The third-order valence-corrected chi connectivity index (χ3v) is 3.87. The first-order chi connectivity index (χ1) is 9.17. The number of rotatable bonds is 6. The van der Waals surface area contributed by atoms with Gasteiger partial charge >= 0.3 is 5.97 Å². The normalized spacial score (nSPS) is 18.4. The van der Waals surface area contributed by atoms with Gasteiger partial charge in [0.2, 0.25) is 5.91 Å². The molecule has 1 saturated carbocycles. The third-order valence-electron chi connectivity index (χ3n) is 3.63. The summed E-state index contributed by atoms with van der Waals surface area (Å²) in [5.74, 6) is -0.155. The SMILES string of the molecule is CCOC(=O)CC(NC(=O)CCl)C1CCCCCC1. The highest BCUT2D eigenvalue weighted by molar-refractivity contribution is 6.27. The number of ether oxygens (including phenoxy) is 1. The zero-order valence-electron chi connectivity index (χ0n) is 11.6. The van der Waals surface area contributed by atoms with Crippen molar-refractivity contribution in [1.29, 1.82) is 0 Å². The van der Waals surface area contributed by atoms with Crippen molar-refractivity contribution in [3.63, 3.8) is 0 Å². The Morgan fingerprint density at radius 2 is 1.89 bits per heavy atom. The van der Waals surface area contributed by atoms with E-state index in [1.165, 1.54) is 25.7 Å². The second-order valence-corrected chi connectivity index (χ2v) is 5.34.